The van der Waals surface area contributed by atoms with Gasteiger partial charge in [-0.3, -0.25) is 4.72 Å². The third-order valence-electron chi connectivity index (χ3n) is 2.83. The van der Waals surface area contributed by atoms with Crippen LogP contribution in [0.1, 0.15) is 18.4 Å². The van der Waals surface area contributed by atoms with E-state index in [-0.39, 0.29) is 17.4 Å². The molecule has 0 atom stereocenters. The van der Waals surface area contributed by atoms with E-state index in [0.717, 1.165) is 25.0 Å². The summed E-state index contributed by atoms with van der Waals surface area (Å²) < 4.78 is 39.4. The Labute approximate surface area is 116 Å². The Morgan fingerprint density at radius 2 is 2.15 bits per heavy atom. The average molecular weight is 299 g/mol. The van der Waals surface area contributed by atoms with Gasteiger partial charge in [-0.2, -0.15) is 0 Å². The first-order valence-electron chi connectivity index (χ1n) is 6.07. The quantitative estimate of drug-likeness (QED) is 0.788. The summed E-state index contributed by atoms with van der Waals surface area (Å²) in [6.07, 6.45) is 3.89. The average Bonchev–Trinajstić information content (AvgIpc) is 3.12. The molecule has 1 aromatic carbocycles. The first-order chi connectivity index (χ1) is 9.35. The van der Waals surface area contributed by atoms with Gasteiger partial charge in [-0.05, 0) is 42.5 Å². The van der Waals surface area contributed by atoms with Gasteiger partial charge in [0.15, 0.2) is 0 Å². The number of nitrogens with one attached hydrogen (secondary N) is 1. The standard InChI is InChI=1S/C13H14FNO4S/c14-11-7-9(4-6-13(16)17)3-5-12(11)15-20(18,19)8-10-1-2-10/h3-7,10,15H,1-2,8H2,(H,16,17). The van der Waals surface area contributed by atoms with E-state index in [2.05, 4.69) is 4.72 Å². The van der Waals surface area contributed by atoms with Crippen LogP contribution in [0.5, 0.6) is 0 Å². The van der Waals surface area contributed by atoms with Crippen LogP contribution in [0.2, 0.25) is 0 Å². The molecule has 1 saturated carbocycles. The third kappa shape index (κ3) is 4.34. The van der Waals surface area contributed by atoms with Crippen LogP contribution in [0.3, 0.4) is 0 Å². The van der Waals surface area contributed by atoms with Gasteiger partial charge in [-0.1, -0.05) is 6.07 Å². The van der Waals surface area contributed by atoms with Crippen molar-refractivity contribution >= 4 is 27.8 Å². The van der Waals surface area contributed by atoms with Gasteiger partial charge < -0.3 is 5.11 Å². The van der Waals surface area contributed by atoms with Crippen molar-refractivity contribution < 1.29 is 22.7 Å². The third-order valence-corrected chi connectivity index (χ3v) is 4.27. The van der Waals surface area contributed by atoms with Crippen molar-refractivity contribution in [3.8, 4) is 0 Å². The molecule has 2 rings (SSSR count). The maximum atomic E-state index is 13.7. The SMILES string of the molecule is O=C(O)C=Cc1ccc(NS(=O)(=O)CC2CC2)c(F)c1. The number of anilines is 1. The van der Waals surface area contributed by atoms with Crippen molar-refractivity contribution in [2.24, 2.45) is 5.92 Å². The molecule has 0 amide bonds. The lowest BCUT2D eigenvalue weighted by Gasteiger charge is -2.08. The second-order valence-corrected chi connectivity index (χ2v) is 6.50. The summed E-state index contributed by atoms with van der Waals surface area (Å²) in [6, 6.07) is 3.80. The summed E-state index contributed by atoms with van der Waals surface area (Å²) in [5, 5.41) is 8.47. The Balaban J connectivity index is 2.11. The number of carboxylic acid groups (broad SMARTS) is 1. The Morgan fingerprint density at radius 3 is 2.70 bits per heavy atom. The molecule has 0 unspecified atom stereocenters. The van der Waals surface area contributed by atoms with Crippen molar-refractivity contribution in [1.82, 2.24) is 0 Å². The van der Waals surface area contributed by atoms with E-state index >= 15 is 0 Å². The van der Waals surface area contributed by atoms with Crippen LogP contribution in [-0.2, 0) is 14.8 Å². The molecule has 20 heavy (non-hydrogen) atoms. The molecule has 1 fully saturated rings. The predicted molar refractivity (Wildman–Crippen MR) is 73.2 cm³/mol. The fourth-order valence-electron chi connectivity index (χ4n) is 1.69. The Morgan fingerprint density at radius 1 is 1.45 bits per heavy atom. The Bertz CT molecular complexity index is 650. The summed E-state index contributed by atoms with van der Waals surface area (Å²) in [5.41, 5.74) is 0.216. The molecule has 0 heterocycles. The van der Waals surface area contributed by atoms with Gasteiger partial charge in [0.2, 0.25) is 10.0 Å². The number of hydrogen-bond acceptors (Lipinski definition) is 3. The van der Waals surface area contributed by atoms with E-state index in [0.29, 0.717) is 5.56 Å². The molecule has 1 aliphatic rings. The summed E-state index contributed by atoms with van der Waals surface area (Å²) >= 11 is 0. The monoisotopic (exact) mass is 299 g/mol. The van der Waals surface area contributed by atoms with E-state index in [9.17, 15) is 17.6 Å². The fraction of sp³-hybridized carbons (Fsp3) is 0.308. The highest BCUT2D eigenvalue weighted by molar-refractivity contribution is 7.92. The molecule has 108 valence electrons. The lowest BCUT2D eigenvalue weighted by atomic mass is 10.2. The highest BCUT2D eigenvalue weighted by atomic mass is 32.2. The second kappa shape index (κ2) is 5.62. The molecule has 0 radical (unpaired) electrons. The summed E-state index contributed by atoms with van der Waals surface area (Å²) in [6.45, 7) is 0. The van der Waals surface area contributed by atoms with Crippen LogP contribution in [0, 0.1) is 11.7 Å². The van der Waals surface area contributed by atoms with E-state index < -0.39 is 21.8 Å². The van der Waals surface area contributed by atoms with Gasteiger partial charge in [0.05, 0.1) is 11.4 Å². The molecular weight excluding hydrogens is 285 g/mol. The van der Waals surface area contributed by atoms with Crippen LogP contribution < -0.4 is 4.72 Å². The Hall–Kier alpha value is -1.89. The van der Waals surface area contributed by atoms with Crippen molar-refractivity contribution in [3.63, 3.8) is 0 Å². The number of sulfonamides is 1. The number of benzene rings is 1. The van der Waals surface area contributed by atoms with Gasteiger partial charge in [-0.15, -0.1) is 0 Å². The predicted octanol–water partition coefficient (Wildman–Crippen LogP) is 2.08. The first kappa shape index (κ1) is 14.5. The normalized spacial score (nSPS) is 15.4. The lowest BCUT2D eigenvalue weighted by Crippen LogP contribution is -2.18. The number of carbonyl (C=O) groups is 1. The maximum Gasteiger partial charge on any atom is 0.328 e. The largest absolute Gasteiger partial charge is 0.478 e. The van der Waals surface area contributed by atoms with Crippen LogP contribution >= 0.6 is 0 Å². The lowest BCUT2D eigenvalue weighted by molar-refractivity contribution is -0.131. The van der Waals surface area contributed by atoms with Gasteiger partial charge in [0, 0.05) is 6.08 Å². The van der Waals surface area contributed by atoms with Crippen molar-refractivity contribution in [2.45, 2.75) is 12.8 Å². The van der Waals surface area contributed by atoms with Crippen molar-refractivity contribution in [1.29, 1.82) is 0 Å². The molecule has 5 nitrogen and oxygen atoms in total. The van der Waals surface area contributed by atoms with Crippen molar-refractivity contribution in [2.75, 3.05) is 10.5 Å². The van der Waals surface area contributed by atoms with Crippen LogP contribution in [0.15, 0.2) is 24.3 Å². The van der Waals surface area contributed by atoms with Crippen LogP contribution in [-0.4, -0.2) is 25.2 Å². The summed E-state index contributed by atoms with van der Waals surface area (Å²) in [4.78, 5) is 10.3. The molecule has 0 spiro atoms. The molecule has 0 aromatic heterocycles. The van der Waals surface area contributed by atoms with Gasteiger partial charge >= 0.3 is 5.97 Å². The van der Waals surface area contributed by atoms with Crippen LogP contribution in [0.25, 0.3) is 6.08 Å². The second-order valence-electron chi connectivity index (χ2n) is 4.74. The number of halogens is 1. The molecule has 0 aliphatic heterocycles. The number of rotatable bonds is 6. The molecule has 7 heteroatoms. The zero-order valence-electron chi connectivity index (χ0n) is 10.5. The van der Waals surface area contributed by atoms with Gasteiger partial charge in [0.25, 0.3) is 0 Å². The van der Waals surface area contributed by atoms with Crippen molar-refractivity contribution in [3.05, 3.63) is 35.7 Å². The van der Waals surface area contributed by atoms with E-state index in [1.807, 2.05) is 0 Å². The van der Waals surface area contributed by atoms with Crippen LogP contribution in [0.4, 0.5) is 10.1 Å². The molecule has 0 bridgehead atoms. The minimum atomic E-state index is -3.53. The molecule has 1 aromatic rings. The number of aliphatic carboxylic acids is 1. The highest BCUT2D eigenvalue weighted by Gasteiger charge is 2.28. The Kier molecular flexibility index (Phi) is 4.08. The molecular formula is C13H14FNO4S. The minimum absolute atomic E-state index is 0.00705. The van der Waals surface area contributed by atoms with E-state index in [1.165, 1.54) is 18.2 Å². The zero-order valence-corrected chi connectivity index (χ0v) is 11.4. The first-order valence-corrected chi connectivity index (χ1v) is 7.72. The minimum Gasteiger partial charge on any atom is -0.478 e. The fourth-order valence-corrected chi connectivity index (χ4v) is 3.23. The summed E-state index contributed by atoms with van der Waals surface area (Å²) in [7, 11) is -3.53. The molecule has 1 aliphatic carbocycles. The maximum absolute atomic E-state index is 13.7. The number of hydrogen-bond donors (Lipinski definition) is 2. The highest BCUT2D eigenvalue weighted by Crippen LogP contribution is 2.31. The molecule has 0 saturated heterocycles. The van der Waals surface area contributed by atoms with Gasteiger partial charge in [0.1, 0.15) is 5.82 Å². The molecule has 2 N–H and O–H groups in total. The smallest absolute Gasteiger partial charge is 0.328 e. The van der Waals surface area contributed by atoms with Gasteiger partial charge in [-0.25, -0.2) is 17.6 Å². The topological polar surface area (TPSA) is 83.5 Å². The number of carboxylic acids is 1. The summed E-state index contributed by atoms with van der Waals surface area (Å²) in [5.74, 6) is -1.70. The van der Waals surface area contributed by atoms with E-state index in [1.54, 1.807) is 0 Å². The zero-order chi connectivity index (χ0) is 14.8. The van der Waals surface area contributed by atoms with E-state index in [4.69, 9.17) is 5.11 Å².